The molecule has 0 atom stereocenters. The smallest absolute Gasteiger partial charge is 0.185 e. The van der Waals surface area contributed by atoms with Gasteiger partial charge in [-0.3, -0.25) is 0 Å². The molecular formula is C15H24N4S2. The lowest BCUT2D eigenvalue weighted by molar-refractivity contribution is 0.563. The van der Waals surface area contributed by atoms with E-state index in [0.717, 1.165) is 23.9 Å². The van der Waals surface area contributed by atoms with Crippen molar-refractivity contribution in [1.82, 2.24) is 15.3 Å². The van der Waals surface area contributed by atoms with Crippen LogP contribution in [0, 0.1) is 6.92 Å². The van der Waals surface area contributed by atoms with E-state index in [-0.39, 0.29) is 5.41 Å². The summed E-state index contributed by atoms with van der Waals surface area (Å²) in [5.41, 5.74) is 4.30. The van der Waals surface area contributed by atoms with Crippen molar-refractivity contribution >= 4 is 27.8 Å². The molecule has 6 heteroatoms. The number of nitrogens with one attached hydrogen (secondary N) is 1. The predicted molar refractivity (Wildman–Crippen MR) is 92.5 cm³/mol. The van der Waals surface area contributed by atoms with E-state index in [9.17, 15) is 0 Å². The third-order valence-corrected chi connectivity index (χ3v) is 5.38. The Kier molecular flexibility index (Phi) is 5.01. The fraction of sp³-hybridized carbons (Fsp3) is 0.600. The van der Waals surface area contributed by atoms with Gasteiger partial charge in [0.05, 0.1) is 23.4 Å². The molecule has 0 fully saturated rings. The van der Waals surface area contributed by atoms with E-state index in [2.05, 4.69) is 49.9 Å². The minimum Gasteiger partial charge on any atom is -0.346 e. The van der Waals surface area contributed by atoms with Crippen LogP contribution in [0.2, 0.25) is 0 Å². The fourth-order valence-corrected chi connectivity index (χ4v) is 4.20. The zero-order valence-corrected chi connectivity index (χ0v) is 15.3. The molecule has 0 spiro atoms. The molecule has 2 aromatic rings. The van der Waals surface area contributed by atoms with Gasteiger partial charge in [0.1, 0.15) is 0 Å². The van der Waals surface area contributed by atoms with Gasteiger partial charge in [-0.15, -0.1) is 22.7 Å². The summed E-state index contributed by atoms with van der Waals surface area (Å²) in [5.74, 6) is 0. The maximum absolute atomic E-state index is 4.90. The first-order valence-electron chi connectivity index (χ1n) is 7.07. The first kappa shape index (κ1) is 16.4. The average Bonchev–Trinajstić information content (AvgIpc) is 2.97. The molecule has 0 aromatic carbocycles. The van der Waals surface area contributed by atoms with Crippen molar-refractivity contribution in [3.05, 3.63) is 26.7 Å². The van der Waals surface area contributed by atoms with Crippen LogP contribution in [0.25, 0.3) is 0 Å². The average molecular weight is 325 g/mol. The number of rotatable bonds is 5. The monoisotopic (exact) mass is 324 g/mol. The molecule has 2 heterocycles. The van der Waals surface area contributed by atoms with Gasteiger partial charge in [-0.2, -0.15) is 0 Å². The topological polar surface area (TPSA) is 41.0 Å². The Balaban J connectivity index is 2.25. The number of anilines is 1. The van der Waals surface area contributed by atoms with Gasteiger partial charge in [-0.05, 0) is 14.0 Å². The van der Waals surface area contributed by atoms with Gasteiger partial charge in [0.25, 0.3) is 0 Å². The highest BCUT2D eigenvalue weighted by Crippen LogP contribution is 2.34. The molecular weight excluding hydrogens is 300 g/mol. The third-order valence-electron chi connectivity index (χ3n) is 3.29. The van der Waals surface area contributed by atoms with Gasteiger partial charge in [0.15, 0.2) is 5.13 Å². The number of aryl methyl sites for hydroxylation is 1. The normalized spacial score (nSPS) is 11.9. The summed E-state index contributed by atoms with van der Waals surface area (Å²) >= 11 is 3.49. The molecule has 2 rings (SSSR count). The Hall–Kier alpha value is -0.980. The van der Waals surface area contributed by atoms with Crippen LogP contribution in [0.1, 0.15) is 41.9 Å². The SMILES string of the molecule is CNCc1sc(N(C)Cc2scnc2C)nc1C(C)(C)C. The molecule has 116 valence electrons. The maximum Gasteiger partial charge on any atom is 0.185 e. The molecule has 21 heavy (non-hydrogen) atoms. The van der Waals surface area contributed by atoms with E-state index in [1.807, 2.05) is 12.6 Å². The van der Waals surface area contributed by atoms with Crippen molar-refractivity contribution in [2.75, 3.05) is 19.0 Å². The summed E-state index contributed by atoms with van der Waals surface area (Å²) in [6.07, 6.45) is 0. The van der Waals surface area contributed by atoms with Crippen molar-refractivity contribution in [2.45, 2.75) is 46.2 Å². The Morgan fingerprint density at radius 2 is 2.00 bits per heavy atom. The highest BCUT2D eigenvalue weighted by molar-refractivity contribution is 7.15. The Labute approximate surface area is 135 Å². The van der Waals surface area contributed by atoms with Gasteiger partial charge in [-0.25, -0.2) is 9.97 Å². The Bertz CT molecular complexity index is 595. The van der Waals surface area contributed by atoms with Gasteiger partial charge < -0.3 is 10.2 Å². The predicted octanol–water partition coefficient (Wildman–Crippen LogP) is 3.56. The van der Waals surface area contributed by atoms with Crippen LogP contribution in [0.15, 0.2) is 5.51 Å². The quantitative estimate of drug-likeness (QED) is 0.913. The van der Waals surface area contributed by atoms with E-state index < -0.39 is 0 Å². The van der Waals surface area contributed by atoms with Crippen LogP contribution < -0.4 is 10.2 Å². The Morgan fingerprint density at radius 3 is 2.52 bits per heavy atom. The summed E-state index contributed by atoms with van der Waals surface area (Å²) in [5, 5.41) is 4.33. The van der Waals surface area contributed by atoms with Crippen molar-refractivity contribution in [2.24, 2.45) is 0 Å². The highest BCUT2D eigenvalue weighted by Gasteiger charge is 2.24. The van der Waals surface area contributed by atoms with Crippen LogP contribution >= 0.6 is 22.7 Å². The lowest BCUT2D eigenvalue weighted by atomic mass is 9.91. The van der Waals surface area contributed by atoms with E-state index in [1.165, 1.54) is 15.4 Å². The number of hydrogen-bond acceptors (Lipinski definition) is 6. The number of nitrogens with zero attached hydrogens (tertiary/aromatic N) is 3. The zero-order valence-electron chi connectivity index (χ0n) is 13.6. The molecule has 0 bridgehead atoms. The standard InChI is InChI=1S/C15H24N4S2/c1-10-12(20-9-17-10)8-19(6)14-18-13(15(2,3)4)11(21-14)7-16-5/h9,16H,7-8H2,1-6H3. The zero-order chi connectivity index (χ0) is 15.6. The van der Waals surface area contributed by atoms with Gasteiger partial charge in [0, 0.05) is 28.8 Å². The second-order valence-electron chi connectivity index (χ2n) is 6.27. The van der Waals surface area contributed by atoms with Crippen molar-refractivity contribution < 1.29 is 0 Å². The van der Waals surface area contributed by atoms with Gasteiger partial charge >= 0.3 is 0 Å². The van der Waals surface area contributed by atoms with Crippen molar-refractivity contribution in [3.63, 3.8) is 0 Å². The fourth-order valence-electron chi connectivity index (χ4n) is 2.13. The van der Waals surface area contributed by atoms with E-state index in [4.69, 9.17) is 4.98 Å². The molecule has 0 aliphatic rings. The van der Waals surface area contributed by atoms with Crippen LogP contribution in [0.3, 0.4) is 0 Å². The molecule has 2 aromatic heterocycles. The third kappa shape index (κ3) is 3.81. The largest absolute Gasteiger partial charge is 0.346 e. The van der Waals surface area contributed by atoms with E-state index in [0.29, 0.717) is 0 Å². The molecule has 0 aliphatic carbocycles. The molecule has 4 nitrogen and oxygen atoms in total. The van der Waals surface area contributed by atoms with Crippen LogP contribution in [0.5, 0.6) is 0 Å². The summed E-state index contributed by atoms with van der Waals surface area (Å²) in [7, 11) is 4.09. The lowest BCUT2D eigenvalue weighted by Gasteiger charge is -2.18. The minimum absolute atomic E-state index is 0.0716. The number of thiazole rings is 2. The van der Waals surface area contributed by atoms with Crippen LogP contribution in [-0.4, -0.2) is 24.1 Å². The lowest BCUT2D eigenvalue weighted by Crippen LogP contribution is -2.18. The first-order valence-corrected chi connectivity index (χ1v) is 8.77. The summed E-state index contributed by atoms with van der Waals surface area (Å²) in [4.78, 5) is 14.1. The Morgan fingerprint density at radius 1 is 1.29 bits per heavy atom. The first-order chi connectivity index (χ1) is 9.82. The van der Waals surface area contributed by atoms with Gasteiger partial charge in [-0.1, -0.05) is 20.8 Å². The summed E-state index contributed by atoms with van der Waals surface area (Å²) in [6.45, 7) is 10.5. The minimum atomic E-state index is 0.0716. The molecule has 0 aliphatic heterocycles. The second kappa shape index (κ2) is 6.42. The molecule has 0 saturated carbocycles. The van der Waals surface area contributed by atoms with Crippen molar-refractivity contribution in [3.8, 4) is 0 Å². The van der Waals surface area contributed by atoms with Gasteiger partial charge in [0.2, 0.25) is 0 Å². The highest BCUT2D eigenvalue weighted by atomic mass is 32.1. The summed E-state index contributed by atoms with van der Waals surface area (Å²) in [6, 6.07) is 0. The van der Waals surface area contributed by atoms with Crippen molar-refractivity contribution in [1.29, 1.82) is 0 Å². The molecule has 0 unspecified atom stereocenters. The van der Waals surface area contributed by atoms with E-state index >= 15 is 0 Å². The number of aromatic nitrogens is 2. The molecule has 1 N–H and O–H groups in total. The van der Waals surface area contributed by atoms with Crippen LogP contribution in [0.4, 0.5) is 5.13 Å². The maximum atomic E-state index is 4.90. The molecule has 0 radical (unpaired) electrons. The molecule has 0 saturated heterocycles. The van der Waals surface area contributed by atoms with Crippen LogP contribution in [-0.2, 0) is 18.5 Å². The van der Waals surface area contributed by atoms with E-state index in [1.54, 1.807) is 22.7 Å². The summed E-state index contributed by atoms with van der Waals surface area (Å²) < 4.78 is 0. The number of hydrogen-bond donors (Lipinski definition) is 1. The molecule has 0 amide bonds. The second-order valence-corrected chi connectivity index (χ2v) is 8.27.